The number of hydrogen-bond donors (Lipinski definition) is 1. The van der Waals surface area contributed by atoms with Crippen LogP contribution in [0.15, 0.2) is 47.4 Å². The molecule has 0 radical (unpaired) electrons. The second-order valence-electron chi connectivity index (χ2n) is 7.54. The molecule has 1 atom stereocenters. The minimum Gasteiger partial charge on any atom is -0.496 e. The van der Waals surface area contributed by atoms with Gasteiger partial charge in [0.2, 0.25) is 10.0 Å². The SMILES string of the molecule is COc1cccc2c1CC(CNCCCN(C)S(=O)(=O)c1ccc(F)cc1)CC2. The Labute approximate surface area is 172 Å². The first-order valence-corrected chi connectivity index (χ1v) is 11.4. The maximum absolute atomic E-state index is 13.0. The molecule has 0 amide bonds. The molecule has 0 saturated heterocycles. The fourth-order valence-electron chi connectivity index (χ4n) is 3.83. The van der Waals surface area contributed by atoms with E-state index in [1.807, 2.05) is 12.1 Å². The summed E-state index contributed by atoms with van der Waals surface area (Å²) >= 11 is 0. The molecule has 2 aromatic rings. The number of fused-ring (bicyclic) bond motifs is 1. The van der Waals surface area contributed by atoms with Gasteiger partial charge in [0.1, 0.15) is 11.6 Å². The minimum absolute atomic E-state index is 0.115. The predicted octanol–water partition coefficient (Wildman–Crippen LogP) is 3.24. The van der Waals surface area contributed by atoms with E-state index in [0.717, 1.165) is 38.1 Å². The number of aryl methyl sites for hydroxylation is 1. The summed E-state index contributed by atoms with van der Waals surface area (Å²) in [6.45, 7) is 2.07. The molecule has 0 bridgehead atoms. The smallest absolute Gasteiger partial charge is 0.242 e. The fraction of sp³-hybridized carbons (Fsp3) is 0.455. The van der Waals surface area contributed by atoms with E-state index in [1.54, 1.807) is 14.2 Å². The van der Waals surface area contributed by atoms with Crippen LogP contribution in [-0.2, 0) is 22.9 Å². The first-order chi connectivity index (χ1) is 13.9. The molecule has 29 heavy (non-hydrogen) atoms. The molecule has 1 aliphatic carbocycles. The Morgan fingerprint density at radius 3 is 2.69 bits per heavy atom. The first kappa shape index (κ1) is 21.7. The molecule has 0 spiro atoms. The van der Waals surface area contributed by atoms with Gasteiger partial charge in [0.15, 0.2) is 0 Å². The third-order valence-electron chi connectivity index (χ3n) is 5.55. The molecule has 0 aromatic heterocycles. The Kier molecular flexibility index (Phi) is 7.27. The molecule has 0 aliphatic heterocycles. The minimum atomic E-state index is -3.58. The van der Waals surface area contributed by atoms with Crippen LogP contribution in [-0.4, -0.2) is 46.5 Å². The van der Waals surface area contributed by atoms with Crippen molar-refractivity contribution in [2.45, 2.75) is 30.6 Å². The molecule has 1 aliphatic rings. The Morgan fingerprint density at radius 2 is 1.97 bits per heavy atom. The molecule has 0 heterocycles. The zero-order chi connectivity index (χ0) is 20.9. The van der Waals surface area contributed by atoms with Crippen molar-refractivity contribution >= 4 is 10.0 Å². The quantitative estimate of drug-likeness (QED) is 0.633. The number of benzene rings is 2. The van der Waals surface area contributed by atoms with Gasteiger partial charge >= 0.3 is 0 Å². The Hall–Kier alpha value is -1.96. The van der Waals surface area contributed by atoms with Crippen molar-refractivity contribution in [3.63, 3.8) is 0 Å². The fourth-order valence-corrected chi connectivity index (χ4v) is 5.04. The van der Waals surface area contributed by atoms with E-state index in [-0.39, 0.29) is 4.90 Å². The summed E-state index contributed by atoms with van der Waals surface area (Å²) in [4.78, 5) is 0.115. The number of nitrogens with one attached hydrogen (secondary N) is 1. The molecule has 158 valence electrons. The van der Waals surface area contributed by atoms with Crippen LogP contribution in [0.2, 0.25) is 0 Å². The molecule has 2 aromatic carbocycles. The summed E-state index contributed by atoms with van der Waals surface area (Å²) in [5, 5.41) is 3.47. The zero-order valence-corrected chi connectivity index (χ0v) is 17.8. The number of halogens is 1. The molecular weight excluding hydrogens is 391 g/mol. The lowest BCUT2D eigenvalue weighted by Gasteiger charge is -2.26. The number of sulfonamides is 1. The van der Waals surface area contributed by atoms with Crippen LogP contribution in [0.5, 0.6) is 5.75 Å². The van der Waals surface area contributed by atoms with Crippen molar-refractivity contribution in [3.05, 3.63) is 59.4 Å². The van der Waals surface area contributed by atoms with Crippen molar-refractivity contribution in [3.8, 4) is 5.75 Å². The second kappa shape index (κ2) is 9.69. The van der Waals surface area contributed by atoms with Gasteiger partial charge in [0.05, 0.1) is 12.0 Å². The number of hydrogen-bond acceptors (Lipinski definition) is 4. The van der Waals surface area contributed by atoms with Crippen LogP contribution in [0, 0.1) is 11.7 Å². The van der Waals surface area contributed by atoms with Crippen LogP contribution < -0.4 is 10.1 Å². The maximum atomic E-state index is 13.0. The monoisotopic (exact) mass is 420 g/mol. The molecule has 1 unspecified atom stereocenters. The average molecular weight is 421 g/mol. The summed E-state index contributed by atoms with van der Waals surface area (Å²) < 4.78 is 44.8. The van der Waals surface area contributed by atoms with Crippen molar-refractivity contribution in [2.75, 3.05) is 33.8 Å². The summed E-state index contributed by atoms with van der Waals surface area (Å²) in [5.74, 6) is 1.08. The van der Waals surface area contributed by atoms with Crippen molar-refractivity contribution in [2.24, 2.45) is 5.92 Å². The van der Waals surface area contributed by atoms with E-state index in [2.05, 4.69) is 11.4 Å². The number of nitrogens with zero attached hydrogens (tertiary/aromatic N) is 1. The summed E-state index contributed by atoms with van der Waals surface area (Å²) in [6, 6.07) is 11.2. The van der Waals surface area contributed by atoms with Gasteiger partial charge in [-0.05, 0) is 86.1 Å². The van der Waals surface area contributed by atoms with E-state index in [0.29, 0.717) is 18.9 Å². The number of methoxy groups -OCH3 is 1. The standard InChI is InChI=1S/C22H29FN2O3S/c1-25(29(26,27)20-11-9-19(23)10-12-20)14-4-13-24-16-17-7-8-18-5-3-6-22(28-2)21(18)15-17/h3,5-6,9-12,17,24H,4,7-8,13-16H2,1-2H3. The van der Waals surface area contributed by atoms with Crippen LogP contribution >= 0.6 is 0 Å². The van der Waals surface area contributed by atoms with Crippen LogP contribution in [0.1, 0.15) is 24.0 Å². The van der Waals surface area contributed by atoms with Crippen LogP contribution in [0.4, 0.5) is 4.39 Å². The Morgan fingerprint density at radius 1 is 1.21 bits per heavy atom. The maximum Gasteiger partial charge on any atom is 0.242 e. The number of ether oxygens (including phenoxy) is 1. The zero-order valence-electron chi connectivity index (χ0n) is 17.0. The molecular formula is C22H29FN2O3S. The lowest BCUT2D eigenvalue weighted by molar-refractivity contribution is 0.380. The Balaban J connectivity index is 1.42. The highest BCUT2D eigenvalue weighted by molar-refractivity contribution is 7.89. The van der Waals surface area contributed by atoms with E-state index in [9.17, 15) is 12.8 Å². The van der Waals surface area contributed by atoms with E-state index in [1.165, 1.54) is 39.7 Å². The molecule has 0 fully saturated rings. The van der Waals surface area contributed by atoms with Gasteiger partial charge < -0.3 is 10.1 Å². The summed E-state index contributed by atoms with van der Waals surface area (Å²) in [7, 11) is -0.305. The summed E-state index contributed by atoms with van der Waals surface area (Å²) in [6.07, 6.45) is 3.93. The third kappa shape index (κ3) is 5.35. The van der Waals surface area contributed by atoms with E-state index in [4.69, 9.17) is 4.74 Å². The largest absolute Gasteiger partial charge is 0.496 e. The van der Waals surface area contributed by atoms with Gasteiger partial charge in [-0.3, -0.25) is 0 Å². The van der Waals surface area contributed by atoms with E-state index < -0.39 is 15.8 Å². The average Bonchev–Trinajstić information content (AvgIpc) is 2.73. The predicted molar refractivity (Wildman–Crippen MR) is 112 cm³/mol. The third-order valence-corrected chi connectivity index (χ3v) is 7.42. The van der Waals surface area contributed by atoms with Crippen LogP contribution in [0.3, 0.4) is 0 Å². The molecule has 3 rings (SSSR count). The number of rotatable bonds is 9. The van der Waals surface area contributed by atoms with Crippen LogP contribution in [0.25, 0.3) is 0 Å². The topological polar surface area (TPSA) is 58.6 Å². The molecule has 1 N–H and O–H groups in total. The van der Waals surface area contributed by atoms with Gasteiger partial charge in [-0.1, -0.05) is 12.1 Å². The first-order valence-electron chi connectivity index (χ1n) is 9.99. The highest BCUT2D eigenvalue weighted by Crippen LogP contribution is 2.31. The Bertz CT molecular complexity index is 902. The molecule has 7 heteroatoms. The lowest BCUT2D eigenvalue weighted by Crippen LogP contribution is -2.32. The normalized spacial score (nSPS) is 16.6. The van der Waals surface area contributed by atoms with Crippen molar-refractivity contribution < 1.29 is 17.5 Å². The lowest BCUT2D eigenvalue weighted by atomic mass is 9.83. The highest BCUT2D eigenvalue weighted by atomic mass is 32.2. The van der Waals surface area contributed by atoms with Gasteiger partial charge in [-0.2, -0.15) is 0 Å². The second-order valence-corrected chi connectivity index (χ2v) is 9.59. The van der Waals surface area contributed by atoms with Gasteiger partial charge in [0, 0.05) is 13.6 Å². The van der Waals surface area contributed by atoms with Gasteiger partial charge in [-0.25, -0.2) is 17.1 Å². The van der Waals surface area contributed by atoms with Gasteiger partial charge in [-0.15, -0.1) is 0 Å². The van der Waals surface area contributed by atoms with Crippen molar-refractivity contribution in [1.82, 2.24) is 9.62 Å². The summed E-state index contributed by atoms with van der Waals surface area (Å²) in [5.41, 5.74) is 2.70. The highest BCUT2D eigenvalue weighted by Gasteiger charge is 2.22. The van der Waals surface area contributed by atoms with Crippen molar-refractivity contribution in [1.29, 1.82) is 0 Å². The molecule has 0 saturated carbocycles. The molecule has 5 nitrogen and oxygen atoms in total. The van der Waals surface area contributed by atoms with E-state index >= 15 is 0 Å². The van der Waals surface area contributed by atoms with Gasteiger partial charge in [0.25, 0.3) is 0 Å².